The third kappa shape index (κ3) is 3.90. The molecule has 1 N–H and O–H groups in total. The summed E-state index contributed by atoms with van der Waals surface area (Å²) in [4.78, 5) is 16.8. The van der Waals surface area contributed by atoms with Crippen LogP contribution in [-0.2, 0) is 11.2 Å². The molecule has 3 rings (SSSR count). The molecule has 0 spiro atoms. The van der Waals surface area contributed by atoms with Gasteiger partial charge in [0.05, 0.1) is 13.2 Å². The van der Waals surface area contributed by atoms with Gasteiger partial charge in [0.1, 0.15) is 5.75 Å². The Labute approximate surface area is 144 Å². The van der Waals surface area contributed by atoms with Gasteiger partial charge in [-0.25, -0.2) is 0 Å². The summed E-state index contributed by atoms with van der Waals surface area (Å²) in [5.41, 5.74) is 1.08. The van der Waals surface area contributed by atoms with Gasteiger partial charge in [0.15, 0.2) is 0 Å². The molecular formula is C19H28N2O3. The Hall–Kier alpha value is -1.59. The zero-order valence-corrected chi connectivity index (χ0v) is 14.5. The standard InChI is InChI=1S/C19H28N2O3/c1-24-18-8-3-2-5-15(18)9-10-19(23)21-13-11-20(12-14-21)16-6-4-7-17(16)22/h2-3,5,8,16-17,22H,4,6-7,9-14H2,1H3. The van der Waals surface area contributed by atoms with Crippen LogP contribution < -0.4 is 4.74 Å². The van der Waals surface area contributed by atoms with Crippen LogP contribution in [0.15, 0.2) is 24.3 Å². The van der Waals surface area contributed by atoms with Gasteiger partial charge in [0, 0.05) is 38.6 Å². The van der Waals surface area contributed by atoms with E-state index in [1.54, 1.807) is 7.11 Å². The van der Waals surface area contributed by atoms with Crippen LogP contribution in [0.4, 0.5) is 0 Å². The number of hydrogen-bond acceptors (Lipinski definition) is 4. The lowest BCUT2D eigenvalue weighted by atomic mass is 10.1. The summed E-state index contributed by atoms with van der Waals surface area (Å²) in [5, 5.41) is 10.0. The Morgan fingerprint density at radius 3 is 2.62 bits per heavy atom. The number of carbonyl (C=O) groups excluding carboxylic acids is 1. The molecule has 5 nitrogen and oxygen atoms in total. The van der Waals surface area contributed by atoms with E-state index in [-0.39, 0.29) is 12.0 Å². The highest BCUT2D eigenvalue weighted by Gasteiger charge is 2.33. The maximum atomic E-state index is 12.5. The highest BCUT2D eigenvalue weighted by Crippen LogP contribution is 2.25. The largest absolute Gasteiger partial charge is 0.496 e. The van der Waals surface area contributed by atoms with Gasteiger partial charge in [-0.05, 0) is 37.3 Å². The Morgan fingerprint density at radius 2 is 1.96 bits per heavy atom. The number of benzene rings is 1. The van der Waals surface area contributed by atoms with Crippen molar-refractivity contribution in [3.63, 3.8) is 0 Å². The molecule has 1 aromatic rings. The van der Waals surface area contributed by atoms with E-state index in [4.69, 9.17) is 4.74 Å². The van der Waals surface area contributed by atoms with E-state index in [2.05, 4.69) is 4.90 Å². The summed E-state index contributed by atoms with van der Waals surface area (Å²) in [6.07, 6.45) is 4.17. The summed E-state index contributed by atoms with van der Waals surface area (Å²) in [6, 6.07) is 8.18. The normalized spacial score (nSPS) is 25.0. The smallest absolute Gasteiger partial charge is 0.222 e. The van der Waals surface area contributed by atoms with Crippen molar-refractivity contribution in [1.82, 2.24) is 9.80 Å². The van der Waals surface area contributed by atoms with Crippen molar-refractivity contribution in [3.05, 3.63) is 29.8 Å². The van der Waals surface area contributed by atoms with Crippen LogP contribution in [0.1, 0.15) is 31.2 Å². The number of amides is 1. The molecule has 0 bridgehead atoms. The van der Waals surface area contributed by atoms with E-state index in [9.17, 15) is 9.90 Å². The van der Waals surface area contributed by atoms with E-state index in [0.717, 1.165) is 56.8 Å². The molecular weight excluding hydrogens is 304 g/mol. The first-order chi connectivity index (χ1) is 11.7. The summed E-state index contributed by atoms with van der Waals surface area (Å²) < 4.78 is 5.35. The molecule has 1 amide bonds. The minimum atomic E-state index is -0.183. The van der Waals surface area contributed by atoms with Gasteiger partial charge < -0.3 is 14.7 Å². The molecule has 1 aliphatic carbocycles. The second kappa shape index (κ2) is 7.99. The van der Waals surface area contributed by atoms with Gasteiger partial charge in [0.25, 0.3) is 0 Å². The second-order valence-corrected chi connectivity index (χ2v) is 6.79. The number of carbonyl (C=O) groups is 1. The average Bonchev–Trinajstić information content (AvgIpc) is 3.06. The molecule has 1 saturated heterocycles. The Balaban J connectivity index is 1.47. The van der Waals surface area contributed by atoms with Crippen LogP contribution in [0.25, 0.3) is 0 Å². The number of aliphatic hydroxyl groups excluding tert-OH is 1. The molecule has 0 radical (unpaired) electrons. The van der Waals surface area contributed by atoms with Gasteiger partial charge in [-0.3, -0.25) is 9.69 Å². The molecule has 1 aromatic carbocycles. The van der Waals surface area contributed by atoms with Crippen LogP contribution >= 0.6 is 0 Å². The fraction of sp³-hybridized carbons (Fsp3) is 0.632. The minimum Gasteiger partial charge on any atom is -0.496 e. The summed E-state index contributed by atoms with van der Waals surface area (Å²) in [5.74, 6) is 1.07. The van der Waals surface area contributed by atoms with E-state index in [1.165, 1.54) is 0 Å². The highest BCUT2D eigenvalue weighted by molar-refractivity contribution is 5.76. The molecule has 2 atom stereocenters. The molecule has 5 heteroatoms. The maximum absolute atomic E-state index is 12.5. The summed E-state index contributed by atoms with van der Waals surface area (Å²) in [7, 11) is 1.66. The molecule has 2 unspecified atom stereocenters. The first-order valence-corrected chi connectivity index (χ1v) is 9.01. The lowest BCUT2D eigenvalue weighted by molar-refractivity contribution is -0.133. The van der Waals surface area contributed by atoms with Crippen LogP contribution in [0.5, 0.6) is 5.75 Å². The number of nitrogens with zero attached hydrogens (tertiary/aromatic N) is 2. The maximum Gasteiger partial charge on any atom is 0.222 e. The molecule has 132 valence electrons. The van der Waals surface area contributed by atoms with Crippen LogP contribution in [0.3, 0.4) is 0 Å². The van der Waals surface area contributed by atoms with E-state index < -0.39 is 0 Å². The van der Waals surface area contributed by atoms with Gasteiger partial charge in [-0.1, -0.05) is 18.2 Å². The number of ether oxygens (including phenoxy) is 1. The fourth-order valence-electron chi connectivity index (χ4n) is 3.96. The Morgan fingerprint density at radius 1 is 1.21 bits per heavy atom. The highest BCUT2D eigenvalue weighted by atomic mass is 16.5. The summed E-state index contributed by atoms with van der Waals surface area (Å²) in [6.45, 7) is 3.30. The zero-order chi connectivity index (χ0) is 16.9. The molecule has 1 heterocycles. The van der Waals surface area contributed by atoms with Crippen molar-refractivity contribution >= 4 is 5.91 Å². The van der Waals surface area contributed by atoms with Gasteiger partial charge >= 0.3 is 0 Å². The Bertz CT molecular complexity index is 555. The van der Waals surface area contributed by atoms with Crippen molar-refractivity contribution in [1.29, 1.82) is 0 Å². The monoisotopic (exact) mass is 332 g/mol. The molecule has 2 aliphatic rings. The number of hydrogen-bond donors (Lipinski definition) is 1. The van der Waals surface area contributed by atoms with Gasteiger partial charge in [-0.2, -0.15) is 0 Å². The molecule has 1 saturated carbocycles. The molecule has 1 aliphatic heterocycles. The first kappa shape index (κ1) is 17.2. The topological polar surface area (TPSA) is 53.0 Å². The predicted octanol–water partition coefficient (Wildman–Crippen LogP) is 1.69. The van der Waals surface area contributed by atoms with E-state index in [1.807, 2.05) is 29.2 Å². The number of rotatable bonds is 5. The minimum absolute atomic E-state index is 0.183. The summed E-state index contributed by atoms with van der Waals surface area (Å²) >= 11 is 0. The molecule has 24 heavy (non-hydrogen) atoms. The third-order valence-corrected chi connectivity index (χ3v) is 5.38. The lowest BCUT2D eigenvalue weighted by Gasteiger charge is -2.39. The lowest BCUT2D eigenvalue weighted by Crippen LogP contribution is -2.53. The zero-order valence-electron chi connectivity index (χ0n) is 14.5. The number of methoxy groups -OCH3 is 1. The van der Waals surface area contributed by atoms with Crippen molar-refractivity contribution in [2.24, 2.45) is 0 Å². The number of para-hydroxylation sites is 1. The third-order valence-electron chi connectivity index (χ3n) is 5.38. The number of aliphatic hydroxyl groups is 1. The quantitative estimate of drug-likeness (QED) is 0.891. The number of piperazine rings is 1. The molecule has 2 fully saturated rings. The SMILES string of the molecule is COc1ccccc1CCC(=O)N1CCN(C2CCCC2O)CC1. The van der Waals surface area contributed by atoms with Crippen LogP contribution in [0, 0.1) is 0 Å². The molecule has 0 aromatic heterocycles. The van der Waals surface area contributed by atoms with Crippen LogP contribution in [0.2, 0.25) is 0 Å². The van der Waals surface area contributed by atoms with Crippen molar-refractivity contribution in [3.8, 4) is 5.75 Å². The van der Waals surface area contributed by atoms with Gasteiger partial charge in [0.2, 0.25) is 5.91 Å². The fourth-order valence-corrected chi connectivity index (χ4v) is 3.96. The number of aryl methyl sites for hydroxylation is 1. The van der Waals surface area contributed by atoms with Gasteiger partial charge in [-0.15, -0.1) is 0 Å². The first-order valence-electron chi connectivity index (χ1n) is 9.01. The Kier molecular flexibility index (Phi) is 5.74. The van der Waals surface area contributed by atoms with E-state index in [0.29, 0.717) is 18.9 Å². The average molecular weight is 332 g/mol. The van der Waals surface area contributed by atoms with Crippen molar-refractivity contribution in [2.45, 2.75) is 44.2 Å². The van der Waals surface area contributed by atoms with E-state index >= 15 is 0 Å². The second-order valence-electron chi connectivity index (χ2n) is 6.79. The van der Waals surface area contributed by atoms with Crippen LogP contribution in [-0.4, -0.2) is 66.2 Å². The van der Waals surface area contributed by atoms with Crippen molar-refractivity contribution in [2.75, 3.05) is 33.3 Å². The predicted molar refractivity (Wildman–Crippen MR) is 93.1 cm³/mol. The van der Waals surface area contributed by atoms with Crippen molar-refractivity contribution < 1.29 is 14.6 Å².